The molecule has 0 bridgehead atoms. The van der Waals surface area contributed by atoms with Crippen molar-refractivity contribution in [3.05, 3.63) is 35.4 Å². The minimum atomic E-state index is -4.36. The van der Waals surface area contributed by atoms with Crippen molar-refractivity contribution in [1.82, 2.24) is 15.5 Å². The van der Waals surface area contributed by atoms with Gasteiger partial charge >= 0.3 is 6.18 Å². The molecule has 0 aromatic heterocycles. The molecule has 152 valence electrons. The van der Waals surface area contributed by atoms with Crippen LogP contribution in [0.3, 0.4) is 0 Å². The Bertz CT molecular complexity index is 602. The molecular formula is C18H27F3N4O2. The lowest BCUT2D eigenvalue weighted by Crippen LogP contribution is -2.43. The SMILES string of the molecule is CCOCCCNC(=NCc1ccc(C(F)(F)F)cc1)NCC(=O)N(C)C. The van der Waals surface area contributed by atoms with Crippen LogP contribution in [-0.2, 0) is 22.3 Å². The molecule has 0 unspecified atom stereocenters. The number of carbonyl (C=O) groups is 1. The fraction of sp³-hybridized carbons (Fsp3) is 0.556. The van der Waals surface area contributed by atoms with Crippen LogP contribution in [0, 0.1) is 0 Å². The summed E-state index contributed by atoms with van der Waals surface area (Å²) in [6.07, 6.45) is -3.60. The van der Waals surface area contributed by atoms with E-state index in [0.717, 1.165) is 18.6 Å². The maximum absolute atomic E-state index is 12.6. The average Bonchev–Trinajstić information content (AvgIpc) is 2.62. The van der Waals surface area contributed by atoms with Crippen LogP contribution in [0.2, 0.25) is 0 Å². The molecule has 1 amide bonds. The van der Waals surface area contributed by atoms with Crippen molar-refractivity contribution in [2.75, 3.05) is 40.4 Å². The summed E-state index contributed by atoms with van der Waals surface area (Å²) in [7, 11) is 3.30. The quantitative estimate of drug-likeness (QED) is 0.387. The first kappa shape index (κ1) is 22.8. The number of guanidine groups is 1. The molecule has 1 aromatic carbocycles. The third kappa shape index (κ3) is 9.28. The van der Waals surface area contributed by atoms with Gasteiger partial charge in [0.2, 0.25) is 5.91 Å². The predicted octanol–water partition coefficient (Wildman–Crippen LogP) is 2.26. The van der Waals surface area contributed by atoms with Gasteiger partial charge in [-0.1, -0.05) is 12.1 Å². The number of alkyl halides is 3. The van der Waals surface area contributed by atoms with E-state index in [9.17, 15) is 18.0 Å². The third-order valence-corrected chi connectivity index (χ3v) is 3.57. The molecule has 0 saturated carbocycles. The van der Waals surface area contributed by atoms with Gasteiger partial charge in [0.05, 0.1) is 18.7 Å². The van der Waals surface area contributed by atoms with Gasteiger partial charge in [0.25, 0.3) is 0 Å². The van der Waals surface area contributed by atoms with Gasteiger partial charge in [-0.25, -0.2) is 4.99 Å². The lowest BCUT2D eigenvalue weighted by Gasteiger charge is -2.15. The van der Waals surface area contributed by atoms with E-state index in [1.807, 2.05) is 6.92 Å². The van der Waals surface area contributed by atoms with Crippen molar-refractivity contribution >= 4 is 11.9 Å². The number of halogens is 3. The second-order valence-corrected chi connectivity index (χ2v) is 5.98. The largest absolute Gasteiger partial charge is 0.416 e. The normalized spacial score (nSPS) is 12.0. The van der Waals surface area contributed by atoms with Crippen LogP contribution < -0.4 is 10.6 Å². The van der Waals surface area contributed by atoms with E-state index in [4.69, 9.17) is 4.74 Å². The fourth-order valence-electron chi connectivity index (χ4n) is 1.99. The maximum Gasteiger partial charge on any atom is 0.416 e. The molecule has 0 spiro atoms. The molecule has 0 atom stereocenters. The third-order valence-electron chi connectivity index (χ3n) is 3.57. The lowest BCUT2D eigenvalue weighted by atomic mass is 10.1. The smallest absolute Gasteiger partial charge is 0.382 e. The van der Waals surface area contributed by atoms with Gasteiger partial charge in [-0.2, -0.15) is 13.2 Å². The molecule has 0 heterocycles. The molecular weight excluding hydrogens is 361 g/mol. The molecule has 27 heavy (non-hydrogen) atoms. The summed E-state index contributed by atoms with van der Waals surface area (Å²) in [5.41, 5.74) is -0.0587. The minimum Gasteiger partial charge on any atom is -0.382 e. The lowest BCUT2D eigenvalue weighted by molar-refractivity contribution is -0.137. The van der Waals surface area contributed by atoms with Crippen molar-refractivity contribution in [2.24, 2.45) is 4.99 Å². The van der Waals surface area contributed by atoms with Crippen molar-refractivity contribution < 1.29 is 22.7 Å². The average molecular weight is 388 g/mol. The molecule has 0 aliphatic rings. The summed E-state index contributed by atoms with van der Waals surface area (Å²) >= 11 is 0. The Morgan fingerprint density at radius 1 is 1.19 bits per heavy atom. The number of hydrogen-bond donors (Lipinski definition) is 2. The Kier molecular flexibility index (Phi) is 9.63. The summed E-state index contributed by atoms with van der Waals surface area (Å²) in [5.74, 6) is 0.301. The van der Waals surface area contributed by atoms with Gasteiger partial charge < -0.3 is 20.3 Å². The predicted molar refractivity (Wildman–Crippen MR) is 98.4 cm³/mol. The van der Waals surface area contributed by atoms with Crippen LogP contribution in [0.5, 0.6) is 0 Å². The molecule has 6 nitrogen and oxygen atoms in total. The molecule has 1 rings (SSSR count). The van der Waals surface area contributed by atoms with Gasteiger partial charge in [-0.15, -0.1) is 0 Å². The van der Waals surface area contributed by atoms with E-state index < -0.39 is 11.7 Å². The number of nitrogens with one attached hydrogen (secondary N) is 2. The summed E-state index contributed by atoms with van der Waals surface area (Å²) in [5, 5.41) is 6.01. The number of benzene rings is 1. The van der Waals surface area contributed by atoms with Crippen LogP contribution in [0.15, 0.2) is 29.3 Å². The number of nitrogens with zero attached hydrogens (tertiary/aromatic N) is 2. The molecule has 2 N–H and O–H groups in total. The van der Waals surface area contributed by atoms with Crippen LogP contribution in [0.1, 0.15) is 24.5 Å². The number of hydrogen-bond acceptors (Lipinski definition) is 3. The first-order chi connectivity index (χ1) is 12.7. The number of rotatable bonds is 9. The van der Waals surface area contributed by atoms with Crippen LogP contribution >= 0.6 is 0 Å². The second-order valence-electron chi connectivity index (χ2n) is 5.98. The van der Waals surface area contributed by atoms with Gasteiger partial charge in [0, 0.05) is 33.9 Å². The summed E-state index contributed by atoms with van der Waals surface area (Å²) in [6, 6.07) is 4.85. The number of aliphatic imine (C=N–C) groups is 1. The summed E-state index contributed by atoms with van der Waals surface area (Å²) in [6.45, 7) is 4.01. The standard InChI is InChI=1S/C18H27F3N4O2/c1-4-27-11-5-10-22-17(24-13-16(26)25(2)3)23-12-14-6-8-15(9-7-14)18(19,20)21/h6-9H,4-5,10-13H2,1-3H3,(H2,22,23,24). The zero-order valence-corrected chi connectivity index (χ0v) is 15.9. The Balaban J connectivity index is 2.67. The summed E-state index contributed by atoms with van der Waals surface area (Å²) < 4.78 is 43.1. The number of amides is 1. The highest BCUT2D eigenvalue weighted by atomic mass is 19.4. The fourth-order valence-corrected chi connectivity index (χ4v) is 1.99. The molecule has 0 fully saturated rings. The zero-order chi connectivity index (χ0) is 20.3. The van der Waals surface area contributed by atoms with E-state index in [0.29, 0.717) is 31.3 Å². The molecule has 1 aromatic rings. The van der Waals surface area contributed by atoms with Gasteiger partial charge in [-0.05, 0) is 31.0 Å². The number of ether oxygens (including phenoxy) is 1. The monoisotopic (exact) mass is 388 g/mol. The minimum absolute atomic E-state index is 0.0668. The van der Waals surface area contributed by atoms with Crippen molar-refractivity contribution in [2.45, 2.75) is 26.1 Å². The van der Waals surface area contributed by atoms with Gasteiger partial charge in [0.15, 0.2) is 5.96 Å². The highest BCUT2D eigenvalue weighted by Crippen LogP contribution is 2.29. The molecule has 0 radical (unpaired) electrons. The van der Waals surface area contributed by atoms with E-state index in [2.05, 4.69) is 15.6 Å². The van der Waals surface area contributed by atoms with Crippen molar-refractivity contribution in [1.29, 1.82) is 0 Å². The number of carbonyl (C=O) groups excluding carboxylic acids is 1. The zero-order valence-electron chi connectivity index (χ0n) is 15.9. The topological polar surface area (TPSA) is 66.0 Å². The first-order valence-corrected chi connectivity index (χ1v) is 8.70. The molecule has 0 aliphatic heterocycles. The van der Waals surface area contributed by atoms with E-state index >= 15 is 0 Å². The number of likely N-dealkylation sites (N-methyl/N-ethyl adjacent to an activating group) is 1. The first-order valence-electron chi connectivity index (χ1n) is 8.70. The Morgan fingerprint density at radius 2 is 1.85 bits per heavy atom. The Morgan fingerprint density at radius 3 is 2.41 bits per heavy atom. The van der Waals surface area contributed by atoms with Crippen molar-refractivity contribution in [3.8, 4) is 0 Å². The highest BCUT2D eigenvalue weighted by molar-refractivity contribution is 5.86. The van der Waals surface area contributed by atoms with E-state index in [-0.39, 0.29) is 19.0 Å². The van der Waals surface area contributed by atoms with E-state index in [1.165, 1.54) is 17.0 Å². The summed E-state index contributed by atoms with van der Waals surface area (Å²) in [4.78, 5) is 17.5. The second kappa shape index (κ2) is 11.4. The Hall–Kier alpha value is -2.29. The van der Waals surface area contributed by atoms with Gasteiger partial charge in [0.1, 0.15) is 0 Å². The van der Waals surface area contributed by atoms with Crippen LogP contribution in [0.4, 0.5) is 13.2 Å². The van der Waals surface area contributed by atoms with E-state index in [1.54, 1.807) is 14.1 Å². The highest BCUT2D eigenvalue weighted by Gasteiger charge is 2.29. The molecule has 0 saturated heterocycles. The Labute approximate surface area is 157 Å². The maximum atomic E-state index is 12.6. The van der Waals surface area contributed by atoms with Crippen LogP contribution in [0.25, 0.3) is 0 Å². The van der Waals surface area contributed by atoms with Gasteiger partial charge in [-0.3, -0.25) is 4.79 Å². The molecule has 0 aliphatic carbocycles. The van der Waals surface area contributed by atoms with Crippen molar-refractivity contribution in [3.63, 3.8) is 0 Å². The molecule has 9 heteroatoms. The van der Waals surface area contributed by atoms with Crippen LogP contribution in [-0.4, -0.2) is 57.2 Å².